The molecular formula is C26H16N6. The number of pyridine rings is 4. The molecule has 6 heterocycles. The molecule has 0 amide bonds. The predicted molar refractivity (Wildman–Crippen MR) is 126 cm³/mol. The lowest BCUT2D eigenvalue weighted by Gasteiger charge is -2.12. The molecule has 6 aromatic heterocycles. The predicted octanol–water partition coefficient (Wildman–Crippen LogP) is 5.46. The normalized spacial score (nSPS) is 11.8. The zero-order valence-electron chi connectivity index (χ0n) is 16.9. The van der Waals surface area contributed by atoms with Gasteiger partial charge in [-0.2, -0.15) is 0 Å². The van der Waals surface area contributed by atoms with Crippen molar-refractivity contribution in [3.05, 3.63) is 97.8 Å². The van der Waals surface area contributed by atoms with Crippen molar-refractivity contribution in [2.75, 3.05) is 0 Å². The Labute approximate surface area is 182 Å². The van der Waals surface area contributed by atoms with Gasteiger partial charge in [-0.1, -0.05) is 6.07 Å². The number of nitrogens with zero attached hydrogens (tertiary/aromatic N) is 6. The first-order chi connectivity index (χ1) is 15.9. The van der Waals surface area contributed by atoms with Crippen molar-refractivity contribution < 1.29 is 0 Å². The third-order valence-electron chi connectivity index (χ3n) is 5.99. The number of hydrogen-bond acceptors (Lipinski definition) is 4. The van der Waals surface area contributed by atoms with E-state index in [1.54, 1.807) is 0 Å². The topological polar surface area (TPSA) is 61.4 Å². The van der Waals surface area contributed by atoms with E-state index in [1.165, 1.54) is 0 Å². The van der Waals surface area contributed by atoms with Crippen LogP contribution < -0.4 is 0 Å². The maximum Gasteiger partial charge on any atom is 0.0978 e. The second-order valence-electron chi connectivity index (χ2n) is 7.72. The first-order valence-electron chi connectivity index (χ1n) is 10.4. The Kier molecular flexibility index (Phi) is 3.46. The summed E-state index contributed by atoms with van der Waals surface area (Å²) in [6, 6.07) is 20.8. The van der Waals surface area contributed by atoms with Crippen molar-refractivity contribution >= 4 is 43.9 Å². The number of hydrogen-bond donors (Lipinski definition) is 0. The van der Waals surface area contributed by atoms with Crippen LogP contribution >= 0.6 is 0 Å². The van der Waals surface area contributed by atoms with Gasteiger partial charge in [0.05, 0.1) is 33.1 Å². The van der Waals surface area contributed by atoms with Crippen LogP contribution in [0.3, 0.4) is 0 Å². The molecule has 7 rings (SSSR count). The van der Waals surface area contributed by atoms with Crippen LogP contribution in [0.25, 0.3) is 55.2 Å². The van der Waals surface area contributed by atoms with Gasteiger partial charge >= 0.3 is 0 Å². The number of aromatic nitrogens is 6. The van der Waals surface area contributed by atoms with E-state index in [0.29, 0.717) is 0 Å². The highest BCUT2D eigenvalue weighted by atomic mass is 15.0. The van der Waals surface area contributed by atoms with Crippen molar-refractivity contribution in [3.8, 4) is 11.4 Å². The minimum Gasteiger partial charge on any atom is -0.307 e. The Balaban J connectivity index is 1.55. The lowest BCUT2D eigenvalue weighted by molar-refractivity contribution is 1.13. The summed E-state index contributed by atoms with van der Waals surface area (Å²) in [4.78, 5) is 17.9. The van der Waals surface area contributed by atoms with Gasteiger partial charge in [-0.25, -0.2) is 0 Å². The van der Waals surface area contributed by atoms with Crippen molar-refractivity contribution in [2.24, 2.45) is 0 Å². The maximum absolute atomic E-state index is 4.63. The number of fused-ring (bicyclic) bond motifs is 6. The van der Waals surface area contributed by atoms with Gasteiger partial charge in [0, 0.05) is 59.3 Å². The summed E-state index contributed by atoms with van der Waals surface area (Å²) in [5, 5.41) is 2.08. The number of rotatable bonds is 2. The molecule has 0 aliphatic heterocycles. The van der Waals surface area contributed by atoms with Crippen LogP contribution in [0.2, 0.25) is 0 Å². The summed E-state index contributed by atoms with van der Waals surface area (Å²) < 4.78 is 4.49. The molecule has 0 radical (unpaired) electrons. The maximum atomic E-state index is 4.63. The quantitative estimate of drug-likeness (QED) is 0.378. The summed E-state index contributed by atoms with van der Waals surface area (Å²) in [6.07, 6.45) is 11.1. The second kappa shape index (κ2) is 6.46. The fourth-order valence-electron chi connectivity index (χ4n) is 4.69. The summed E-state index contributed by atoms with van der Waals surface area (Å²) in [7, 11) is 0. The van der Waals surface area contributed by atoms with E-state index >= 15 is 0 Å². The van der Waals surface area contributed by atoms with E-state index in [9.17, 15) is 0 Å². The molecule has 0 saturated heterocycles. The van der Waals surface area contributed by atoms with Crippen molar-refractivity contribution in [1.29, 1.82) is 0 Å². The molecule has 0 spiro atoms. The summed E-state index contributed by atoms with van der Waals surface area (Å²) in [6.45, 7) is 0. The van der Waals surface area contributed by atoms with Gasteiger partial charge in [-0.3, -0.25) is 19.9 Å². The smallest absolute Gasteiger partial charge is 0.0978 e. The molecule has 7 aromatic rings. The third kappa shape index (κ3) is 2.29. The molecule has 150 valence electrons. The highest BCUT2D eigenvalue weighted by Crippen LogP contribution is 2.33. The van der Waals surface area contributed by atoms with E-state index in [-0.39, 0.29) is 0 Å². The molecule has 6 nitrogen and oxygen atoms in total. The van der Waals surface area contributed by atoms with Crippen molar-refractivity contribution in [2.45, 2.75) is 0 Å². The van der Waals surface area contributed by atoms with Gasteiger partial charge in [0.25, 0.3) is 0 Å². The van der Waals surface area contributed by atoms with Crippen LogP contribution in [-0.4, -0.2) is 29.1 Å². The number of benzene rings is 1. The van der Waals surface area contributed by atoms with E-state index in [1.807, 2.05) is 61.4 Å². The van der Waals surface area contributed by atoms with E-state index in [4.69, 9.17) is 0 Å². The second-order valence-corrected chi connectivity index (χ2v) is 7.72. The molecule has 1 aromatic carbocycles. The lowest BCUT2D eigenvalue weighted by Crippen LogP contribution is -1.98. The standard InChI is InChI=1S/C26H16N6/c1-4-17(31-21-8-12-27-15-19(21)25-23(31)6-2-10-29-25)14-18(5-1)32-22-9-13-28-16-20(22)26-24(32)7-3-11-30-26/h1-16H. The molecule has 0 saturated carbocycles. The zero-order valence-corrected chi connectivity index (χ0v) is 16.9. The highest BCUT2D eigenvalue weighted by Gasteiger charge is 2.16. The molecular weight excluding hydrogens is 396 g/mol. The molecule has 0 N–H and O–H groups in total. The Morgan fingerprint density at radius 1 is 0.500 bits per heavy atom. The average Bonchev–Trinajstić information content (AvgIpc) is 3.37. The van der Waals surface area contributed by atoms with Crippen LogP contribution in [0, 0.1) is 0 Å². The minimum absolute atomic E-state index is 0.952. The molecule has 0 bridgehead atoms. The monoisotopic (exact) mass is 412 g/mol. The fourth-order valence-corrected chi connectivity index (χ4v) is 4.69. The van der Waals surface area contributed by atoms with Crippen LogP contribution in [0.4, 0.5) is 0 Å². The van der Waals surface area contributed by atoms with Gasteiger partial charge in [0.1, 0.15) is 0 Å². The summed E-state index contributed by atoms with van der Waals surface area (Å²) >= 11 is 0. The Hall–Kier alpha value is -4.58. The molecule has 0 aliphatic carbocycles. The van der Waals surface area contributed by atoms with Crippen molar-refractivity contribution in [1.82, 2.24) is 29.1 Å². The first-order valence-corrected chi connectivity index (χ1v) is 10.4. The Morgan fingerprint density at radius 3 is 1.56 bits per heavy atom. The van der Waals surface area contributed by atoms with Crippen LogP contribution in [0.15, 0.2) is 97.8 Å². The Morgan fingerprint density at radius 2 is 1.03 bits per heavy atom. The molecule has 0 atom stereocenters. The first kappa shape index (κ1) is 17.1. The molecule has 0 aliphatic rings. The fraction of sp³-hybridized carbons (Fsp3) is 0. The molecule has 0 unspecified atom stereocenters. The molecule has 0 fully saturated rings. The summed E-state index contributed by atoms with van der Waals surface area (Å²) in [5.74, 6) is 0. The Bertz CT molecular complexity index is 1560. The minimum atomic E-state index is 0.952. The van der Waals surface area contributed by atoms with Crippen LogP contribution in [0.1, 0.15) is 0 Å². The van der Waals surface area contributed by atoms with Gasteiger partial charge in [-0.05, 0) is 54.6 Å². The van der Waals surface area contributed by atoms with Gasteiger partial charge in [0.15, 0.2) is 0 Å². The van der Waals surface area contributed by atoms with E-state index in [2.05, 4.69) is 65.5 Å². The average molecular weight is 412 g/mol. The van der Waals surface area contributed by atoms with Gasteiger partial charge in [-0.15, -0.1) is 0 Å². The zero-order chi connectivity index (χ0) is 21.1. The van der Waals surface area contributed by atoms with Gasteiger partial charge in [0.2, 0.25) is 0 Å². The summed E-state index contributed by atoms with van der Waals surface area (Å²) in [5.41, 5.74) is 8.31. The van der Waals surface area contributed by atoms with E-state index in [0.717, 1.165) is 55.2 Å². The molecule has 32 heavy (non-hydrogen) atoms. The SMILES string of the molecule is c1cc(-n2c3ccncc3c3ncccc32)cc(-n2c3ccncc3c3ncccc32)c1. The highest BCUT2D eigenvalue weighted by molar-refractivity contribution is 6.07. The van der Waals surface area contributed by atoms with Crippen LogP contribution in [-0.2, 0) is 0 Å². The van der Waals surface area contributed by atoms with Gasteiger partial charge < -0.3 is 9.13 Å². The van der Waals surface area contributed by atoms with Crippen molar-refractivity contribution in [3.63, 3.8) is 0 Å². The molecule has 6 heteroatoms. The third-order valence-corrected chi connectivity index (χ3v) is 5.99. The van der Waals surface area contributed by atoms with E-state index < -0.39 is 0 Å². The van der Waals surface area contributed by atoms with Crippen LogP contribution in [0.5, 0.6) is 0 Å². The lowest BCUT2D eigenvalue weighted by atomic mass is 10.2. The largest absolute Gasteiger partial charge is 0.307 e.